The van der Waals surface area contributed by atoms with Gasteiger partial charge in [-0.1, -0.05) is 38.8 Å². The summed E-state index contributed by atoms with van der Waals surface area (Å²) < 4.78 is 10.4. The number of fused-ring (bicyclic) bond motifs is 1. The quantitative estimate of drug-likeness (QED) is 0.851. The number of carbonyl (C=O) groups excluding carboxylic acids is 2. The highest BCUT2D eigenvalue weighted by Crippen LogP contribution is 2.29. The van der Waals surface area contributed by atoms with Crippen molar-refractivity contribution in [3.05, 3.63) is 46.3 Å². The molecule has 0 radical (unpaired) electrons. The van der Waals surface area contributed by atoms with Gasteiger partial charge in [-0.2, -0.15) is 0 Å². The molecule has 1 aromatic heterocycles. The summed E-state index contributed by atoms with van der Waals surface area (Å²) in [4.78, 5) is 36.2. The fourth-order valence-electron chi connectivity index (χ4n) is 3.44. The number of nitrogens with one attached hydrogen (secondary N) is 1. The van der Waals surface area contributed by atoms with E-state index in [0.717, 1.165) is 18.9 Å². The van der Waals surface area contributed by atoms with E-state index < -0.39 is 12.6 Å². The smallest absolute Gasteiger partial charge is 0.374 e. The van der Waals surface area contributed by atoms with Crippen LogP contribution in [-0.4, -0.2) is 24.5 Å². The number of amides is 1. The van der Waals surface area contributed by atoms with Crippen LogP contribution >= 0.6 is 0 Å². The third kappa shape index (κ3) is 3.95. The number of para-hydroxylation sites is 1. The second-order valence-corrected chi connectivity index (χ2v) is 6.99. The molecular formula is C20H23NO5. The van der Waals surface area contributed by atoms with Crippen molar-refractivity contribution in [3.8, 4) is 0 Å². The molecule has 1 fully saturated rings. The number of hydrogen-bond donors (Lipinski definition) is 1. The molecule has 26 heavy (non-hydrogen) atoms. The maximum atomic E-state index is 12.1. The van der Waals surface area contributed by atoms with Gasteiger partial charge in [0.2, 0.25) is 5.76 Å². The maximum absolute atomic E-state index is 12.1. The van der Waals surface area contributed by atoms with Crippen LogP contribution in [0.3, 0.4) is 0 Å². The summed E-state index contributed by atoms with van der Waals surface area (Å²) in [5, 5.41) is 3.33. The van der Waals surface area contributed by atoms with Gasteiger partial charge in [0.15, 0.2) is 12.0 Å². The Morgan fingerprint density at radius 1 is 1.23 bits per heavy atom. The lowest BCUT2D eigenvalue weighted by Crippen LogP contribution is -2.45. The Morgan fingerprint density at radius 2 is 2.00 bits per heavy atom. The zero-order chi connectivity index (χ0) is 18.7. The summed E-state index contributed by atoms with van der Waals surface area (Å²) in [5.74, 6) is -0.424. The number of esters is 1. The normalized spacial score (nSPS) is 22.8. The van der Waals surface area contributed by atoms with Crippen LogP contribution in [0.25, 0.3) is 11.0 Å². The van der Waals surface area contributed by atoms with Gasteiger partial charge in [-0.15, -0.1) is 0 Å². The molecule has 1 aliphatic carbocycles. The molecule has 2 aromatic rings. The molecule has 6 nitrogen and oxygen atoms in total. The van der Waals surface area contributed by atoms with Gasteiger partial charge in [-0.05, 0) is 30.4 Å². The Balaban J connectivity index is 1.60. The van der Waals surface area contributed by atoms with Gasteiger partial charge in [0.1, 0.15) is 5.58 Å². The Labute approximate surface area is 151 Å². The van der Waals surface area contributed by atoms with E-state index in [1.807, 2.05) is 0 Å². The molecule has 1 N–H and O–H groups in total. The van der Waals surface area contributed by atoms with Crippen LogP contribution in [-0.2, 0) is 9.53 Å². The SMILES string of the molecule is C[C@@H]1[C@H](C)CCC[C@H]1NC(=O)COC(=O)c1cc(=O)c2ccccc2o1. The van der Waals surface area contributed by atoms with Crippen LogP contribution in [0.1, 0.15) is 43.7 Å². The average molecular weight is 357 g/mol. The van der Waals surface area contributed by atoms with Gasteiger partial charge in [0.05, 0.1) is 5.39 Å². The molecule has 0 saturated heterocycles. The standard InChI is InChI=1S/C20H23NO5/c1-12-6-5-8-15(13(12)2)21-19(23)11-25-20(24)18-10-16(22)14-7-3-4-9-17(14)26-18/h3-4,7,9-10,12-13,15H,5-6,8,11H2,1-2H3,(H,21,23)/t12-,13-,15-/m1/s1. The highest BCUT2D eigenvalue weighted by Gasteiger charge is 2.28. The molecule has 0 aliphatic heterocycles. The van der Waals surface area contributed by atoms with Crippen molar-refractivity contribution in [2.45, 2.75) is 39.2 Å². The van der Waals surface area contributed by atoms with Crippen molar-refractivity contribution in [2.75, 3.05) is 6.61 Å². The summed E-state index contributed by atoms with van der Waals surface area (Å²) in [6.07, 6.45) is 3.19. The van der Waals surface area contributed by atoms with Crippen molar-refractivity contribution >= 4 is 22.8 Å². The van der Waals surface area contributed by atoms with Crippen molar-refractivity contribution < 1.29 is 18.7 Å². The van der Waals surface area contributed by atoms with E-state index >= 15 is 0 Å². The molecule has 3 atom stereocenters. The second-order valence-electron chi connectivity index (χ2n) is 6.99. The summed E-state index contributed by atoms with van der Waals surface area (Å²) in [7, 11) is 0. The molecular weight excluding hydrogens is 334 g/mol. The fraction of sp³-hybridized carbons (Fsp3) is 0.450. The number of hydrogen-bond acceptors (Lipinski definition) is 5. The van der Waals surface area contributed by atoms with Gasteiger partial charge < -0.3 is 14.5 Å². The summed E-state index contributed by atoms with van der Waals surface area (Å²) in [5.41, 5.74) is -0.0188. The van der Waals surface area contributed by atoms with E-state index in [1.165, 1.54) is 6.42 Å². The first-order valence-electron chi connectivity index (χ1n) is 8.95. The number of ether oxygens (including phenoxy) is 1. The van der Waals surface area contributed by atoms with Crippen LogP contribution in [0, 0.1) is 11.8 Å². The summed E-state index contributed by atoms with van der Waals surface area (Å²) in [6.45, 7) is 3.92. The van der Waals surface area contributed by atoms with Crippen molar-refractivity contribution in [1.29, 1.82) is 0 Å². The highest BCUT2D eigenvalue weighted by atomic mass is 16.5. The molecule has 138 valence electrons. The van der Waals surface area contributed by atoms with Crippen molar-refractivity contribution in [3.63, 3.8) is 0 Å². The number of benzene rings is 1. The van der Waals surface area contributed by atoms with E-state index in [1.54, 1.807) is 24.3 Å². The first kappa shape index (κ1) is 18.2. The Morgan fingerprint density at radius 3 is 2.81 bits per heavy atom. The van der Waals surface area contributed by atoms with Gasteiger partial charge in [-0.25, -0.2) is 4.79 Å². The molecule has 6 heteroatoms. The lowest BCUT2D eigenvalue weighted by molar-refractivity contribution is -0.125. The average Bonchev–Trinajstić information content (AvgIpc) is 2.63. The van der Waals surface area contributed by atoms with Crippen molar-refractivity contribution in [1.82, 2.24) is 5.32 Å². The summed E-state index contributed by atoms with van der Waals surface area (Å²) >= 11 is 0. The van der Waals surface area contributed by atoms with Crippen LogP contribution in [0.5, 0.6) is 0 Å². The Hall–Kier alpha value is -2.63. The van der Waals surface area contributed by atoms with E-state index in [2.05, 4.69) is 19.2 Å². The van der Waals surface area contributed by atoms with Gasteiger partial charge in [0.25, 0.3) is 5.91 Å². The first-order valence-corrected chi connectivity index (χ1v) is 8.95. The molecule has 0 unspecified atom stereocenters. The monoisotopic (exact) mass is 357 g/mol. The Bertz CT molecular complexity index is 872. The molecule has 1 aliphatic rings. The predicted molar refractivity (Wildman–Crippen MR) is 96.9 cm³/mol. The molecule has 1 amide bonds. The largest absolute Gasteiger partial charge is 0.450 e. The van der Waals surface area contributed by atoms with E-state index in [-0.39, 0.29) is 23.1 Å². The lowest BCUT2D eigenvalue weighted by atomic mass is 9.78. The van der Waals surface area contributed by atoms with Crippen LogP contribution in [0.2, 0.25) is 0 Å². The van der Waals surface area contributed by atoms with E-state index in [9.17, 15) is 14.4 Å². The predicted octanol–water partition coefficient (Wildman–Crippen LogP) is 2.89. The third-order valence-electron chi connectivity index (χ3n) is 5.22. The maximum Gasteiger partial charge on any atom is 0.374 e. The van der Waals surface area contributed by atoms with Gasteiger partial charge in [-0.3, -0.25) is 9.59 Å². The number of rotatable bonds is 4. The highest BCUT2D eigenvalue weighted by molar-refractivity contribution is 5.90. The van der Waals surface area contributed by atoms with E-state index in [4.69, 9.17) is 9.15 Å². The van der Waals surface area contributed by atoms with Gasteiger partial charge in [0, 0.05) is 12.1 Å². The van der Waals surface area contributed by atoms with Crippen LogP contribution < -0.4 is 10.7 Å². The minimum absolute atomic E-state index is 0.101. The fourth-order valence-corrected chi connectivity index (χ4v) is 3.44. The van der Waals surface area contributed by atoms with E-state index in [0.29, 0.717) is 22.8 Å². The lowest BCUT2D eigenvalue weighted by Gasteiger charge is -2.34. The molecule has 1 aromatic carbocycles. The minimum atomic E-state index is -0.826. The zero-order valence-corrected chi connectivity index (χ0v) is 15.0. The zero-order valence-electron chi connectivity index (χ0n) is 15.0. The molecule has 3 rings (SSSR count). The number of carbonyl (C=O) groups is 2. The van der Waals surface area contributed by atoms with Crippen LogP contribution in [0.4, 0.5) is 0 Å². The van der Waals surface area contributed by atoms with Gasteiger partial charge >= 0.3 is 5.97 Å². The van der Waals surface area contributed by atoms with Crippen LogP contribution in [0.15, 0.2) is 39.5 Å². The van der Waals surface area contributed by atoms with Crippen molar-refractivity contribution in [2.24, 2.45) is 11.8 Å². The molecule has 0 bridgehead atoms. The molecule has 1 heterocycles. The Kier molecular flexibility index (Phi) is 5.40. The first-order chi connectivity index (χ1) is 12.5. The molecule has 0 spiro atoms. The summed E-state index contributed by atoms with van der Waals surface area (Å²) in [6, 6.07) is 7.84. The third-order valence-corrected chi connectivity index (χ3v) is 5.22. The second kappa shape index (κ2) is 7.72. The molecule has 1 saturated carbocycles. The minimum Gasteiger partial charge on any atom is -0.450 e. The topological polar surface area (TPSA) is 85.6 Å².